The van der Waals surface area contributed by atoms with Crippen LogP contribution in [0.25, 0.3) is 0 Å². The van der Waals surface area contributed by atoms with Crippen LogP contribution in [-0.4, -0.2) is 9.78 Å². The number of halogens is 1. The summed E-state index contributed by atoms with van der Waals surface area (Å²) in [6.45, 7) is 6.53. The Hall–Kier alpha value is -0.0600. The Morgan fingerprint density at radius 3 is 2.18 bits per heavy atom. The van der Waals surface area contributed by atoms with Gasteiger partial charge in [-0.1, -0.05) is 20.8 Å². The highest BCUT2D eigenvalue weighted by atomic mass is 127. The molecule has 62 valence electrons. The van der Waals surface area contributed by atoms with E-state index in [1.807, 2.05) is 17.9 Å². The van der Waals surface area contributed by atoms with Gasteiger partial charge in [-0.05, 0) is 22.6 Å². The zero-order valence-electron chi connectivity index (χ0n) is 7.35. The first-order valence-electron chi connectivity index (χ1n) is 3.61. The summed E-state index contributed by atoms with van der Waals surface area (Å²) in [5.74, 6) is 0. The first kappa shape index (κ1) is 9.03. The molecule has 0 fully saturated rings. The van der Waals surface area contributed by atoms with Crippen molar-refractivity contribution in [2.75, 3.05) is 0 Å². The number of nitrogens with zero attached hydrogens (tertiary/aromatic N) is 2. The second-order valence-electron chi connectivity index (χ2n) is 3.75. The van der Waals surface area contributed by atoms with Gasteiger partial charge >= 0.3 is 0 Å². The molecular weight excluding hydrogens is 251 g/mol. The van der Waals surface area contributed by atoms with Crippen LogP contribution >= 0.6 is 22.6 Å². The molecule has 1 aromatic rings. The summed E-state index contributed by atoms with van der Waals surface area (Å²) in [7, 11) is 1.96. The van der Waals surface area contributed by atoms with Gasteiger partial charge in [0.1, 0.15) is 0 Å². The minimum absolute atomic E-state index is 0.164. The third-order valence-electron chi connectivity index (χ3n) is 1.49. The van der Waals surface area contributed by atoms with Gasteiger partial charge in [0, 0.05) is 18.7 Å². The second kappa shape index (κ2) is 2.77. The standard InChI is InChI=1S/C8H13IN2/c1-8(2,3)7-6(9)5-11(4)10-7/h5H,1-4H3. The van der Waals surface area contributed by atoms with Gasteiger partial charge in [0.2, 0.25) is 0 Å². The van der Waals surface area contributed by atoms with Crippen LogP contribution in [0.5, 0.6) is 0 Å². The molecule has 0 aliphatic rings. The van der Waals surface area contributed by atoms with Crippen molar-refractivity contribution in [3.63, 3.8) is 0 Å². The lowest BCUT2D eigenvalue weighted by atomic mass is 9.93. The van der Waals surface area contributed by atoms with E-state index < -0.39 is 0 Å². The maximum Gasteiger partial charge on any atom is 0.0811 e. The molecule has 11 heavy (non-hydrogen) atoms. The average molecular weight is 264 g/mol. The van der Waals surface area contributed by atoms with Crippen LogP contribution in [0, 0.1) is 3.57 Å². The van der Waals surface area contributed by atoms with Gasteiger partial charge in [-0.3, -0.25) is 4.68 Å². The Balaban J connectivity index is 3.13. The molecule has 0 N–H and O–H groups in total. The summed E-state index contributed by atoms with van der Waals surface area (Å²) in [4.78, 5) is 0. The summed E-state index contributed by atoms with van der Waals surface area (Å²) >= 11 is 2.32. The Labute approximate surface area is 81.1 Å². The van der Waals surface area contributed by atoms with Gasteiger partial charge in [-0.2, -0.15) is 5.10 Å². The van der Waals surface area contributed by atoms with Crippen molar-refractivity contribution < 1.29 is 0 Å². The average Bonchev–Trinajstić information content (AvgIpc) is 2.08. The minimum atomic E-state index is 0.164. The number of aromatic nitrogens is 2. The van der Waals surface area contributed by atoms with Crippen molar-refractivity contribution in [3.8, 4) is 0 Å². The van der Waals surface area contributed by atoms with Crippen LogP contribution in [0.2, 0.25) is 0 Å². The third-order valence-corrected chi connectivity index (χ3v) is 2.28. The number of hydrogen-bond acceptors (Lipinski definition) is 1. The van der Waals surface area contributed by atoms with Crippen LogP contribution in [0.3, 0.4) is 0 Å². The van der Waals surface area contributed by atoms with Crippen LogP contribution in [0.1, 0.15) is 26.5 Å². The van der Waals surface area contributed by atoms with Crippen LogP contribution in [-0.2, 0) is 12.5 Å². The molecule has 2 nitrogen and oxygen atoms in total. The lowest BCUT2D eigenvalue weighted by Gasteiger charge is -2.15. The fourth-order valence-corrected chi connectivity index (χ4v) is 2.29. The zero-order valence-corrected chi connectivity index (χ0v) is 9.51. The quantitative estimate of drug-likeness (QED) is 0.657. The maximum absolute atomic E-state index is 4.39. The van der Waals surface area contributed by atoms with E-state index in [-0.39, 0.29) is 5.41 Å². The molecular formula is C8H13IN2. The van der Waals surface area contributed by atoms with Gasteiger partial charge < -0.3 is 0 Å². The SMILES string of the molecule is Cn1cc(I)c(C(C)(C)C)n1. The summed E-state index contributed by atoms with van der Waals surface area (Å²) < 4.78 is 3.11. The van der Waals surface area contributed by atoms with Crippen LogP contribution in [0.4, 0.5) is 0 Å². The molecule has 1 heterocycles. The molecule has 0 saturated heterocycles. The molecule has 0 unspecified atom stereocenters. The fourth-order valence-electron chi connectivity index (χ4n) is 0.968. The molecule has 0 spiro atoms. The molecule has 0 aromatic carbocycles. The van der Waals surface area contributed by atoms with Gasteiger partial charge in [-0.25, -0.2) is 0 Å². The lowest BCUT2D eigenvalue weighted by molar-refractivity contribution is 0.551. The smallest absolute Gasteiger partial charge is 0.0811 e. The number of aryl methyl sites for hydroxylation is 1. The van der Waals surface area contributed by atoms with E-state index in [9.17, 15) is 0 Å². The summed E-state index contributed by atoms with van der Waals surface area (Å²) in [5, 5.41) is 4.39. The van der Waals surface area contributed by atoms with E-state index in [4.69, 9.17) is 0 Å². The summed E-state index contributed by atoms with van der Waals surface area (Å²) in [6, 6.07) is 0. The van der Waals surface area contributed by atoms with E-state index in [0.29, 0.717) is 0 Å². The van der Waals surface area contributed by atoms with Crippen molar-refractivity contribution >= 4 is 22.6 Å². The molecule has 0 radical (unpaired) electrons. The summed E-state index contributed by atoms with van der Waals surface area (Å²) in [6.07, 6.45) is 2.04. The van der Waals surface area contributed by atoms with E-state index in [1.165, 1.54) is 9.26 Å². The number of rotatable bonds is 0. The third kappa shape index (κ3) is 1.95. The highest BCUT2D eigenvalue weighted by Gasteiger charge is 2.20. The normalized spacial score (nSPS) is 12.1. The predicted molar refractivity (Wildman–Crippen MR) is 54.6 cm³/mol. The predicted octanol–water partition coefficient (Wildman–Crippen LogP) is 2.32. The van der Waals surface area contributed by atoms with E-state index in [1.54, 1.807) is 0 Å². The number of hydrogen-bond donors (Lipinski definition) is 0. The molecule has 3 heteroatoms. The molecule has 1 aromatic heterocycles. The summed E-state index contributed by atoms with van der Waals surface area (Å²) in [5.41, 5.74) is 1.35. The Morgan fingerprint density at radius 2 is 2.00 bits per heavy atom. The molecule has 0 aliphatic heterocycles. The Bertz CT molecular complexity index is 258. The van der Waals surface area contributed by atoms with E-state index in [2.05, 4.69) is 48.5 Å². The first-order valence-corrected chi connectivity index (χ1v) is 4.69. The highest BCUT2D eigenvalue weighted by Crippen LogP contribution is 2.24. The minimum Gasteiger partial charge on any atom is -0.274 e. The van der Waals surface area contributed by atoms with Crippen molar-refractivity contribution in [3.05, 3.63) is 15.5 Å². The fraction of sp³-hybridized carbons (Fsp3) is 0.625. The van der Waals surface area contributed by atoms with Gasteiger partial charge in [-0.15, -0.1) is 0 Å². The monoisotopic (exact) mass is 264 g/mol. The zero-order chi connectivity index (χ0) is 8.65. The highest BCUT2D eigenvalue weighted by molar-refractivity contribution is 14.1. The van der Waals surface area contributed by atoms with Crippen molar-refractivity contribution in [2.45, 2.75) is 26.2 Å². The molecule has 0 bridgehead atoms. The van der Waals surface area contributed by atoms with Crippen molar-refractivity contribution in [2.24, 2.45) is 7.05 Å². The molecule has 1 rings (SSSR count). The Morgan fingerprint density at radius 1 is 1.45 bits per heavy atom. The Kier molecular flexibility index (Phi) is 2.27. The van der Waals surface area contributed by atoms with Crippen LogP contribution < -0.4 is 0 Å². The largest absolute Gasteiger partial charge is 0.274 e. The van der Waals surface area contributed by atoms with Gasteiger partial charge in [0.25, 0.3) is 0 Å². The topological polar surface area (TPSA) is 17.8 Å². The molecule has 0 atom stereocenters. The lowest BCUT2D eigenvalue weighted by Crippen LogP contribution is -2.13. The maximum atomic E-state index is 4.39. The second-order valence-corrected chi connectivity index (χ2v) is 4.91. The molecule has 0 amide bonds. The van der Waals surface area contributed by atoms with E-state index in [0.717, 1.165) is 0 Å². The van der Waals surface area contributed by atoms with Crippen LogP contribution in [0.15, 0.2) is 6.20 Å². The van der Waals surface area contributed by atoms with Gasteiger partial charge in [0.05, 0.1) is 9.26 Å². The van der Waals surface area contributed by atoms with Gasteiger partial charge in [0.15, 0.2) is 0 Å². The van der Waals surface area contributed by atoms with Crippen molar-refractivity contribution in [1.29, 1.82) is 0 Å². The first-order chi connectivity index (χ1) is 4.91. The van der Waals surface area contributed by atoms with Crippen molar-refractivity contribution in [1.82, 2.24) is 9.78 Å². The van der Waals surface area contributed by atoms with E-state index >= 15 is 0 Å². The molecule has 0 saturated carbocycles. The molecule has 0 aliphatic carbocycles.